The first kappa shape index (κ1) is 15.5. The molecule has 112 valence electrons. The maximum Gasteiger partial charge on any atom is 0.419 e. The number of hydrogen-bond acceptors (Lipinski definition) is 1. The van der Waals surface area contributed by atoms with Crippen LogP contribution in [-0.4, -0.2) is 0 Å². The molecular formula is C16H15F4N. The van der Waals surface area contributed by atoms with Crippen LogP contribution >= 0.6 is 0 Å². The van der Waals surface area contributed by atoms with Crippen LogP contribution in [0.1, 0.15) is 30.5 Å². The summed E-state index contributed by atoms with van der Waals surface area (Å²) in [7, 11) is 0. The fourth-order valence-corrected chi connectivity index (χ4v) is 2.08. The van der Waals surface area contributed by atoms with Gasteiger partial charge >= 0.3 is 6.18 Å². The minimum absolute atomic E-state index is 0.0802. The molecule has 0 aliphatic rings. The number of rotatable bonds is 3. The van der Waals surface area contributed by atoms with E-state index in [1.807, 2.05) is 6.92 Å². The van der Waals surface area contributed by atoms with Gasteiger partial charge in [-0.25, -0.2) is 4.39 Å². The summed E-state index contributed by atoms with van der Waals surface area (Å²) in [6, 6.07) is 9.91. The molecule has 0 spiro atoms. The van der Waals surface area contributed by atoms with Crippen molar-refractivity contribution in [3.05, 3.63) is 59.4 Å². The molecule has 0 saturated heterocycles. The lowest BCUT2D eigenvalue weighted by Gasteiger charge is -2.11. The van der Waals surface area contributed by atoms with Crippen LogP contribution in [-0.2, 0) is 6.18 Å². The monoisotopic (exact) mass is 297 g/mol. The van der Waals surface area contributed by atoms with Crippen LogP contribution < -0.4 is 5.73 Å². The lowest BCUT2D eigenvalue weighted by Crippen LogP contribution is -2.08. The second kappa shape index (κ2) is 5.85. The Balaban J connectivity index is 2.33. The predicted octanol–water partition coefficient (Wildman–Crippen LogP) is 4.92. The van der Waals surface area contributed by atoms with E-state index in [0.29, 0.717) is 11.1 Å². The largest absolute Gasteiger partial charge is 0.419 e. The van der Waals surface area contributed by atoms with E-state index in [9.17, 15) is 17.6 Å². The number of hydrogen-bond donors (Lipinski definition) is 1. The minimum atomic E-state index is -4.68. The molecule has 0 saturated carbocycles. The van der Waals surface area contributed by atoms with Gasteiger partial charge in [0.2, 0.25) is 0 Å². The van der Waals surface area contributed by atoms with Crippen LogP contribution in [0.3, 0.4) is 0 Å². The van der Waals surface area contributed by atoms with Crippen LogP contribution in [0.15, 0.2) is 42.5 Å². The Morgan fingerprint density at radius 3 is 2.05 bits per heavy atom. The zero-order valence-corrected chi connectivity index (χ0v) is 11.4. The number of nitrogens with two attached hydrogens (primary N) is 1. The van der Waals surface area contributed by atoms with Crippen molar-refractivity contribution in [1.82, 2.24) is 0 Å². The second-order valence-electron chi connectivity index (χ2n) is 4.83. The molecule has 0 aliphatic carbocycles. The molecule has 2 aromatic carbocycles. The van der Waals surface area contributed by atoms with Gasteiger partial charge in [-0.05, 0) is 35.2 Å². The molecule has 2 rings (SSSR count). The van der Waals surface area contributed by atoms with Gasteiger partial charge in [0.1, 0.15) is 5.82 Å². The maximum absolute atomic E-state index is 13.6. The fourth-order valence-electron chi connectivity index (χ4n) is 2.08. The molecule has 1 unspecified atom stereocenters. The molecule has 21 heavy (non-hydrogen) atoms. The van der Waals surface area contributed by atoms with Crippen molar-refractivity contribution in [2.75, 3.05) is 0 Å². The van der Waals surface area contributed by atoms with Gasteiger partial charge in [0.25, 0.3) is 0 Å². The highest BCUT2D eigenvalue weighted by Crippen LogP contribution is 2.33. The van der Waals surface area contributed by atoms with E-state index >= 15 is 0 Å². The number of benzene rings is 2. The summed E-state index contributed by atoms with van der Waals surface area (Å²) in [4.78, 5) is 0. The standard InChI is InChI=1S/C16H15F4N/c1-2-15(21)11-5-3-10(4-6-11)12-7-8-13(14(17)9-12)16(18,19)20/h3-9,15H,2,21H2,1H3. The van der Waals surface area contributed by atoms with Gasteiger partial charge in [0.05, 0.1) is 5.56 Å². The van der Waals surface area contributed by atoms with Crippen LogP contribution in [0, 0.1) is 5.82 Å². The highest BCUT2D eigenvalue weighted by Gasteiger charge is 2.33. The topological polar surface area (TPSA) is 26.0 Å². The first-order valence-corrected chi connectivity index (χ1v) is 6.55. The van der Waals surface area contributed by atoms with Gasteiger partial charge in [-0.15, -0.1) is 0 Å². The highest BCUT2D eigenvalue weighted by atomic mass is 19.4. The van der Waals surface area contributed by atoms with E-state index in [1.54, 1.807) is 24.3 Å². The summed E-state index contributed by atoms with van der Waals surface area (Å²) in [5.74, 6) is -1.27. The molecule has 0 bridgehead atoms. The van der Waals surface area contributed by atoms with Crippen molar-refractivity contribution >= 4 is 0 Å². The van der Waals surface area contributed by atoms with Gasteiger partial charge in [0, 0.05) is 6.04 Å². The normalized spacial score (nSPS) is 13.2. The zero-order chi connectivity index (χ0) is 15.6. The quantitative estimate of drug-likeness (QED) is 0.799. The average molecular weight is 297 g/mol. The van der Waals surface area contributed by atoms with E-state index in [4.69, 9.17) is 5.73 Å². The SMILES string of the molecule is CCC(N)c1ccc(-c2ccc(C(F)(F)F)c(F)c2)cc1. The minimum Gasteiger partial charge on any atom is -0.324 e. The summed E-state index contributed by atoms with van der Waals surface area (Å²) >= 11 is 0. The molecule has 0 aliphatic heterocycles. The van der Waals surface area contributed by atoms with Crippen LogP contribution in [0.5, 0.6) is 0 Å². The highest BCUT2D eigenvalue weighted by molar-refractivity contribution is 5.64. The van der Waals surface area contributed by atoms with Gasteiger partial charge in [-0.2, -0.15) is 13.2 Å². The third-order valence-electron chi connectivity index (χ3n) is 3.39. The van der Waals surface area contributed by atoms with Crippen molar-refractivity contribution in [2.45, 2.75) is 25.6 Å². The summed E-state index contributed by atoms with van der Waals surface area (Å²) in [6.07, 6.45) is -3.89. The van der Waals surface area contributed by atoms with Crippen LogP contribution in [0.25, 0.3) is 11.1 Å². The average Bonchev–Trinajstić information content (AvgIpc) is 2.45. The molecule has 0 aromatic heterocycles. The fraction of sp³-hybridized carbons (Fsp3) is 0.250. The third kappa shape index (κ3) is 3.42. The van der Waals surface area contributed by atoms with E-state index in [0.717, 1.165) is 24.1 Å². The Hall–Kier alpha value is -1.88. The van der Waals surface area contributed by atoms with Crippen molar-refractivity contribution in [1.29, 1.82) is 0 Å². The Kier molecular flexibility index (Phi) is 4.32. The summed E-state index contributed by atoms with van der Waals surface area (Å²) < 4.78 is 51.1. The molecule has 0 heterocycles. The number of alkyl halides is 3. The smallest absolute Gasteiger partial charge is 0.324 e. The predicted molar refractivity (Wildman–Crippen MR) is 74.1 cm³/mol. The summed E-state index contributed by atoms with van der Waals surface area (Å²) in [5.41, 5.74) is 6.62. The lowest BCUT2D eigenvalue weighted by molar-refractivity contribution is -0.139. The Morgan fingerprint density at radius 1 is 1.00 bits per heavy atom. The molecular weight excluding hydrogens is 282 g/mol. The molecule has 0 fully saturated rings. The van der Waals surface area contributed by atoms with Crippen LogP contribution in [0.2, 0.25) is 0 Å². The van der Waals surface area contributed by atoms with E-state index in [-0.39, 0.29) is 6.04 Å². The molecule has 5 heteroatoms. The second-order valence-corrected chi connectivity index (χ2v) is 4.83. The van der Waals surface area contributed by atoms with Crippen molar-refractivity contribution in [2.24, 2.45) is 5.73 Å². The molecule has 0 amide bonds. The maximum atomic E-state index is 13.6. The van der Waals surface area contributed by atoms with Crippen LogP contribution in [0.4, 0.5) is 17.6 Å². The summed E-state index contributed by atoms with van der Waals surface area (Å²) in [6.45, 7) is 1.96. The zero-order valence-electron chi connectivity index (χ0n) is 11.4. The first-order valence-electron chi connectivity index (χ1n) is 6.55. The van der Waals surface area contributed by atoms with E-state index < -0.39 is 17.6 Å². The van der Waals surface area contributed by atoms with Gasteiger partial charge in [-0.1, -0.05) is 37.3 Å². The Bertz CT molecular complexity index is 617. The van der Waals surface area contributed by atoms with Crippen molar-refractivity contribution in [3.63, 3.8) is 0 Å². The van der Waals surface area contributed by atoms with Gasteiger partial charge < -0.3 is 5.73 Å². The van der Waals surface area contributed by atoms with Gasteiger partial charge in [0.15, 0.2) is 0 Å². The molecule has 1 atom stereocenters. The van der Waals surface area contributed by atoms with E-state index in [2.05, 4.69) is 0 Å². The summed E-state index contributed by atoms with van der Waals surface area (Å²) in [5, 5.41) is 0. The Morgan fingerprint density at radius 2 is 1.57 bits per heavy atom. The number of halogens is 4. The first-order chi connectivity index (χ1) is 9.82. The van der Waals surface area contributed by atoms with Crippen molar-refractivity contribution < 1.29 is 17.6 Å². The van der Waals surface area contributed by atoms with Crippen molar-refractivity contribution in [3.8, 4) is 11.1 Å². The molecule has 0 radical (unpaired) electrons. The third-order valence-corrected chi connectivity index (χ3v) is 3.39. The van der Waals surface area contributed by atoms with E-state index in [1.165, 1.54) is 6.07 Å². The molecule has 2 aromatic rings. The molecule has 2 N–H and O–H groups in total. The van der Waals surface area contributed by atoms with Gasteiger partial charge in [-0.3, -0.25) is 0 Å². The molecule has 1 nitrogen and oxygen atoms in total. The lowest BCUT2D eigenvalue weighted by atomic mass is 9.99. The Labute approximate surface area is 120 Å².